The fourth-order valence-corrected chi connectivity index (χ4v) is 1.44. The molecule has 0 unspecified atom stereocenters. The first kappa shape index (κ1) is 10.5. The van der Waals surface area contributed by atoms with Gasteiger partial charge < -0.3 is 4.74 Å². The predicted molar refractivity (Wildman–Crippen MR) is 56.2 cm³/mol. The van der Waals surface area contributed by atoms with Crippen molar-refractivity contribution >= 4 is 0 Å². The Bertz CT molecular complexity index is 498. The van der Waals surface area contributed by atoms with Gasteiger partial charge in [0.25, 0.3) is 6.20 Å². The lowest BCUT2D eigenvalue weighted by molar-refractivity contribution is -0.761. The van der Waals surface area contributed by atoms with Crippen molar-refractivity contribution in [1.29, 1.82) is 0 Å². The van der Waals surface area contributed by atoms with Gasteiger partial charge in [0.05, 0.1) is 7.11 Å². The van der Waals surface area contributed by atoms with E-state index in [9.17, 15) is 4.79 Å². The van der Waals surface area contributed by atoms with Gasteiger partial charge in [0, 0.05) is 6.42 Å². The van der Waals surface area contributed by atoms with Gasteiger partial charge in [-0.3, -0.25) is 4.52 Å². The van der Waals surface area contributed by atoms with Crippen LogP contribution in [0.5, 0.6) is 5.75 Å². The van der Waals surface area contributed by atoms with Gasteiger partial charge in [0.15, 0.2) is 6.54 Å². The SMILES string of the molecule is COc1ccc(CC[n+]2cc(=O)o[nH]2)cc1. The Morgan fingerprint density at radius 1 is 1.38 bits per heavy atom. The van der Waals surface area contributed by atoms with Gasteiger partial charge in [-0.15, -0.1) is 0 Å². The minimum atomic E-state index is -0.366. The van der Waals surface area contributed by atoms with E-state index >= 15 is 0 Å². The fourth-order valence-electron chi connectivity index (χ4n) is 1.44. The average Bonchev–Trinajstić information content (AvgIpc) is 2.73. The van der Waals surface area contributed by atoms with E-state index in [1.807, 2.05) is 24.3 Å². The molecule has 1 aromatic heterocycles. The molecule has 0 spiro atoms. The zero-order valence-electron chi connectivity index (χ0n) is 8.97. The average molecular weight is 221 g/mol. The Hall–Kier alpha value is -2.04. The predicted octanol–water partition coefficient (Wildman–Crippen LogP) is 0.507. The molecule has 0 bridgehead atoms. The topological polar surface area (TPSA) is 59.1 Å². The van der Waals surface area contributed by atoms with Crippen LogP contribution >= 0.6 is 0 Å². The number of benzene rings is 1. The number of hydrogen-bond acceptors (Lipinski definition) is 3. The summed E-state index contributed by atoms with van der Waals surface area (Å²) < 4.78 is 11.2. The maximum Gasteiger partial charge on any atom is 0.426 e. The summed E-state index contributed by atoms with van der Waals surface area (Å²) in [5.74, 6) is 0.841. The number of aryl methyl sites for hydroxylation is 2. The Morgan fingerprint density at radius 3 is 2.69 bits per heavy atom. The minimum Gasteiger partial charge on any atom is -0.497 e. The molecule has 0 saturated carbocycles. The van der Waals surface area contributed by atoms with E-state index in [2.05, 4.69) is 9.79 Å². The molecule has 0 saturated heterocycles. The monoisotopic (exact) mass is 221 g/mol. The van der Waals surface area contributed by atoms with E-state index in [1.54, 1.807) is 11.8 Å². The smallest absolute Gasteiger partial charge is 0.426 e. The minimum absolute atomic E-state index is 0.366. The highest BCUT2D eigenvalue weighted by atomic mass is 16.5. The molecule has 1 N–H and O–H groups in total. The Balaban J connectivity index is 1.96. The summed E-state index contributed by atoms with van der Waals surface area (Å²) in [4.78, 5) is 10.7. The number of rotatable bonds is 4. The maximum atomic E-state index is 10.7. The second-order valence-electron chi connectivity index (χ2n) is 3.43. The summed E-state index contributed by atoms with van der Waals surface area (Å²) in [5.41, 5.74) is 0.810. The molecule has 1 aromatic carbocycles. The van der Waals surface area contributed by atoms with Crippen LogP contribution in [0.2, 0.25) is 0 Å². The van der Waals surface area contributed by atoms with Crippen molar-refractivity contribution in [2.75, 3.05) is 7.11 Å². The number of aromatic nitrogens is 2. The Labute approximate surface area is 92.2 Å². The van der Waals surface area contributed by atoms with E-state index in [-0.39, 0.29) is 5.63 Å². The third-order valence-corrected chi connectivity index (χ3v) is 2.33. The van der Waals surface area contributed by atoms with Crippen molar-refractivity contribution < 1.29 is 13.9 Å². The van der Waals surface area contributed by atoms with Gasteiger partial charge in [-0.05, 0) is 23.0 Å². The molecular weight excluding hydrogens is 208 g/mol. The summed E-state index contributed by atoms with van der Waals surface area (Å²) in [7, 11) is 1.64. The quantitative estimate of drug-likeness (QED) is 0.765. The molecule has 0 amide bonds. The zero-order chi connectivity index (χ0) is 11.4. The van der Waals surface area contributed by atoms with Crippen molar-refractivity contribution in [3.63, 3.8) is 0 Å². The van der Waals surface area contributed by atoms with Gasteiger partial charge in [0.1, 0.15) is 5.75 Å². The highest BCUT2D eigenvalue weighted by Gasteiger charge is 2.05. The number of H-pyrrole nitrogens is 1. The molecule has 2 rings (SSSR count). The van der Waals surface area contributed by atoms with Gasteiger partial charge in [-0.25, -0.2) is 4.79 Å². The second-order valence-corrected chi connectivity index (χ2v) is 3.43. The fraction of sp³-hybridized carbons (Fsp3) is 0.273. The first-order valence-corrected chi connectivity index (χ1v) is 4.99. The largest absolute Gasteiger partial charge is 0.497 e. The van der Waals surface area contributed by atoms with Gasteiger partial charge in [-0.1, -0.05) is 16.8 Å². The molecule has 84 valence electrons. The molecule has 0 aliphatic carbocycles. The Morgan fingerprint density at radius 2 is 2.12 bits per heavy atom. The molecule has 5 nitrogen and oxygen atoms in total. The van der Waals surface area contributed by atoms with E-state index < -0.39 is 0 Å². The number of aromatic amines is 1. The van der Waals surface area contributed by atoms with Gasteiger partial charge in [-0.2, -0.15) is 0 Å². The van der Waals surface area contributed by atoms with Crippen molar-refractivity contribution in [2.45, 2.75) is 13.0 Å². The van der Waals surface area contributed by atoms with Crippen LogP contribution in [0.4, 0.5) is 0 Å². The van der Waals surface area contributed by atoms with Crippen molar-refractivity contribution in [2.24, 2.45) is 0 Å². The van der Waals surface area contributed by atoms with Gasteiger partial charge >= 0.3 is 5.63 Å². The standard InChI is InChI=1S/C11H12N2O3/c1-15-10-4-2-9(3-5-10)6-7-13-8-11(14)16-12-13/h2-5,8H,6-7H2,1H3/p+1. The number of hydrogen-bond donors (Lipinski definition) is 1. The number of nitrogens with zero attached hydrogens (tertiary/aromatic N) is 1. The lowest BCUT2D eigenvalue weighted by Crippen LogP contribution is -2.36. The lowest BCUT2D eigenvalue weighted by atomic mass is 10.1. The summed E-state index contributed by atoms with van der Waals surface area (Å²) in [6, 6.07) is 7.82. The number of methoxy groups -OCH3 is 1. The molecule has 5 heteroatoms. The second kappa shape index (κ2) is 4.65. The highest BCUT2D eigenvalue weighted by Crippen LogP contribution is 2.11. The summed E-state index contributed by atoms with van der Waals surface area (Å²) in [5, 5.41) is 2.50. The molecule has 2 aromatic rings. The van der Waals surface area contributed by atoms with Crippen molar-refractivity contribution in [1.82, 2.24) is 5.27 Å². The maximum absolute atomic E-state index is 10.7. The molecule has 0 radical (unpaired) electrons. The zero-order valence-corrected chi connectivity index (χ0v) is 8.97. The normalized spacial score (nSPS) is 10.3. The van der Waals surface area contributed by atoms with E-state index in [4.69, 9.17) is 4.74 Å². The number of ether oxygens (including phenoxy) is 1. The molecule has 16 heavy (non-hydrogen) atoms. The van der Waals surface area contributed by atoms with Crippen LogP contribution in [0, 0.1) is 0 Å². The van der Waals surface area contributed by atoms with E-state index in [0.29, 0.717) is 6.54 Å². The van der Waals surface area contributed by atoms with Crippen LogP contribution in [0.1, 0.15) is 5.56 Å². The van der Waals surface area contributed by atoms with E-state index in [1.165, 1.54) is 11.8 Å². The summed E-state index contributed by atoms with van der Waals surface area (Å²) in [6.45, 7) is 0.679. The first-order valence-electron chi connectivity index (χ1n) is 4.99. The van der Waals surface area contributed by atoms with Crippen LogP contribution in [-0.4, -0.2) is 12.4 Å². The highest BCUT2D eigenvalue weighted by molar-refractivity contribution is 5.26. The molecular formula is C11H13N2O3+. The summed E-state index contributed by atoms with van der Waals surface area (Å²) >= 11 is 0. The lowest BCUT2D eigenvalue weighted by Gasteiger charge is -2.00. The van der Waals surface area contributed by atoms with Crippen LogP contribution in [-0.2, 0) is 13.0 Å². The van der Waals surface area contributed by atoms with Crippen LogP contribution < -0.4 is 15.0 Å². The van der Waals surface area contributed by atoms with Crippen LogP contribution in [0.3, 0.4) is 0 Å². The van der Waals surface area contributed by atoms with Gasteiger partial charge in [0.2, 0.25) is 0 Å². The van der Waals surface area contributed by atoms with E-state index in [0.717, 1.165) is 12.2 Å². The summed E-state index contributed by atoms with van der Waals surface area (Å²) in [6.07, 6.45) is 2.22. The van der Waals surface area contributed by atoms with Crippen molar-refractivity contribution in [3.8, 4) is 5.75 Å². The third kappa shape index (κ3) is 2.50. The Kier molecular flexibility index (Phi) is 3.05. The molecule has 0 aliphatic heterocycles. The molecule has 1 heterocycles. The molecule has 0 aliphatic rings. The van der Waals surface area contributed by atoms with Crippen LogP contribution in [0.25, 0.3) is 0 Å². The number of nitrogens with one attached hydrogen (secondary N) is 1. The van der Waals surface area contributed by atoms with Crippen molar-refractivity contribution in [3.05, 3.63) is 46.4 Å². The van der Waals surface area contributed by atoms with Crippen LogP contribution in [0.15, 0.2) is 39.8 Å². The first-order chi connectivity index (χ1) is 7.78. The third-order valence-electron chi connectivity index (χ3n) is 2.33. The molecule has 0 atom stereocenters. The molecule has 0 fully saturated rings.